The molecule has 6 rings (SSSR count). The number of primary amides is 1. The third-order valence-electron chi connectivity index (χ3n) is 7.38. The number of ether oxygens (including phenoxy) is 2. The fourth-order valence-corrected chi connectivity index (χ4v) is 5.10. The number of pyridine rings is 1. The van der Waals surface area contributed by atoms with Gasteiger partial charge in [-0.3, -0.25) is 14.3 Å². The lowest BCUT2D eigenvalue weighted by Crippen LogP contribution is -2.23. The first-order chi connectivity index (χ1) is 22.3. The normalized spacial score (nSPS) is 10.9. The van der Waals surface area contributed by atoms with Gasteiger partial charge in [-0.2, -0.15) is 5.10 Å². The van der Waals surface area contributed by atoms with Crippen LogP contribution in [-0.2, 0) is 13.1 Å². The van der Waals surface area contributed by atoms with Gasteiger partial charge in [-0.1, -0.05) is 36.4 Å². The molecule has 0 spiro atoms. The zero-order valence-corrected chi connectivity index (χ0v) is 24.9. The van der Waals surface area contributed by atoms with Crippen LogP contribution in [0.5, 0.6) is 11.5 Å². The number of nitrogens with one attached hydrogen (secondary N) is 1. The summed E-state index contributed by atoms with van der Waals surface area (Å²) < 4.78 is 26.0. The highest BCUT2D eigenvalue weighted by Gasteiger charge is 2.24. The van der Waals surface area contributed by atoms with Gasteiger partial charge in [0.15, 0.2) is 0 Å². The molecule has 6 aromatic rings. The Hall–Kier alpha value is -6.17. The molecule has 3 heterocycles. The number of fused-ring (bicyclic) bond motifs is 1. The SMILES string of the molecule is COc1ccc(Cn2cc3c(-c4ccncn4)nc(-c4ccc(CNC(=O)c5cc(F)ccc5OC)cc4)c(C(N)=O)c3n2)cc1. The van der Waals surface area contributed by atoms with E-state index < -0.39 is 17.6 Å². The molecule has 3 aromatic heterocycles. The van der Waals surface area contributed by atoms with E-state index in [1.165, 1.54) is 25.6 Å². The summed E-state index contributed by atoms with van der Waals surface area (Å²) in [7, 11) is 3.02. The third-order valence-corrected chi connectivity index (χ3v) is 7.38. The van der Waals surface area contributed by atoms with Gasteiger partial charge in [-0.25, -0.2) is 19.3 Å². The van der Waals surface area contributed by atoms with Gasteiger partial charge in [0.05, 0.1) is 43.3 Å². The molecule has 3 N–H and O–H groups in total. The lowest BCUT2D eigenvalue weighted by Gasteiger charge is -2.12. The second kappa shape index (κ2) is 12.8. The van der Waals surface area contributed by atoms with Crippen LogP contribution in [0.1, 0.15) is 31.8 Å². The molecule has 0 atom stereocenters. The highest BCUT2D eigenvalue weighted by atomic mass is 19.1. The number of rotatable bonds is 10. The summed E-state index contributed by atoms with van der Waals surface area (Å²) in [6.45, 7) is 0.590. The number of amides is 2. The number of benzene rings is 3. The van der Waals surface area contributed by atoms with Crippen LogP contribution < -0.4 is 20.5 Å². The number of carbonyl (C=O) groups excluding carboxylic acids is 2. The predicted octanol–water partition coefficient (Wildman–Crippen LogP) is 4.79. The minimum atomic E-state index is -0.684. The summed E-state index contributed by atoms with van der Waals surface area (Å²) in [6.07, 6.45) is 4.86. The standard InChI is InChI=1S/C34H28FN7O4/c1-45-24-10-5-21(6-11-24)17-42-18-26-31(27-13-14-37-19-39-27)40-30(29(33(36)43)32(26)41-42)22-7-3-20(4-8-22)16-38-34(44)25-15-23(35)9-12-28(25)46-2/h3-15,18-19H,16-17H2,1-2H3,(H2,36,43)(H,38,44). The second-order valence-electron chi connectivity index (χ2n) is 10.3. The Morgan fingerprint density at radius 2 is 1.70 bits per heavy atom. The van der Waals surface area contributed by atoms with Crippen LogP contribution in [0.2, 0.25) is 0 Å². The number of nitrogens with zero attached hydrogens (tertiary/aromatic N) is 5. The zero-order valence-electron chi connectivity index (χ0n) is 24.9. The number of carbonyl (C=O) groups is 2. The van der Waals surface area contributed by atoms with Gasteiger partial charge >= 0.3 is 0 Å². The monoisotopic (exact) mass is 617 g/mol. The Labute approximate surface area is 262 Å². The first-order valence-corrected chi connectivity index (χ1v) is 14.2. The van der Waals surface area contributed by atoms with Gasteiger partial charge in [0.25, 0.3) is 11.8 Å². The summed E-state index contributed by atoms with van der Waals surface area (Å²) in [4.78, 5) is 39.0. The van der Waals surface area contributed by atoms with Gasteiger partial charge in [0, 0.05) is 29.9 Å². The quantitative estimate of drug-likeness (QED) is 0.223. The van der Waals surface area contributed by atoms with Crippen molar-refractivity contribution in [3.8, 4) is 34.1 Å². The van der Waals surface area contributed by atoms with Crippen molar-refractivity contribution in [3.05, 3.63) is 120 Å². The maximum Gasteiger partial charge on any atom is 0.255 e. The molecule has 12 heteroatoms. The lowest BCUT2D eigenvalue weighted by atomic mass is 10.00. The van der Waals surface area contributed by atoms with E-state index in [0.29, 0.717) is 40.1 Å². The van der Waals surface area contributed by atoms with Crippen molar-refractivity contribution in [2.45, 2.75) is 13.1 Å². The summed E-state index contributed by atoms with van der Waals surface area (Å²) >= 11 is 0. The van der Waals surface area contributed by atoms with Gasteiger partial charge in [-0.15, -0.1) is 0 Å². The van der Waals surface area contributed by atoms with E-state index in [4.69, 9.17) is 25.3 Å². The summed E-state index contributed by atoms with van der Waals surface area (Å²) in [5.74, 6) is -0.705. The molecular weight excluding hydrogens is 589 g/mol. The van der Waals surface area contributed by atoms with Gasteiger partial charge < -0.3 is 20.5 Å². The highest BCUT2D eigenvalue weighted by Crippen LogP contribution is 2.34. The number of halogens is 1. The van der Waals surface area contributed by atoms with Crippen molar-refractivity contribution < 1.29 is 23.5 Å². The van der Waals surface area contributed by atoms with Crippen LogP contribution in [-0.4, -0.2) is 50.8 Å². The van der Waals surface area contributed by atoms with Gasteiger partial charge in [-0.05, 0) is 47.5 Å². The van der Waals surface area contributed by atoms with Crippen LogP contribution in [0.15, 0.2) is 91.5 Å². The van der Waals surface area contributed by atoms with E-state index in [2.05, 4.69) is 15.3 Å². The summed E-state index contributed by atoms with van der Waals surface area (Å²) in [5, 5.41) is 8.17. The largest absolute Gasteiger partial charge is 0.497 e. The molecule has 0 saturated carbocycles. The average Bonchev–Trinajstić information content (AvgIpc) is 3.50. The molecule has 0 unspecified atom stereocenters. The fourth-order valence-electron chi connectivity index (χ4n) is 5.10. The van der Waals surface area contributed by atoms with Crippen LogP contribution in [0.4, 0.5) is 4.39 Å². The van der Waals surface area contributed by atoms with Crippen molar-refractivity contribution in [1.29, 1.82) is 0 Å². The Morgan fingerprint density at radius 3 is 2.37 bits per heavy atom. The smallest absolute Gasteiger partial charge is 0.255 e. The Balaban J connectivity index is 1.35. The molecule has 46 heavy (non-hydrogen) atoms. The van der Waals surface area contributed by atoms with Crippen LogP contribution in [0, 0.1) is 5.82 Å². The summed E-state index contributed by atoms with van der Waals surface area (Å²) in [5.41, 5.74) is 10.3. The fraction of sp³-hybridized carbons (Fsp3) is 0.118. The van der Waals surface area contributed by atoms with Crippen molar-refractivity contribution in [3.63, 3.8) is 0 Å². The number of methoxy groups -OCH3 is 2. The minimum Gasteiger partial charge on any atom is -0.497 e. The number of hydrogen-bond donors (Lipinski definition) is 2. The predicted molar refractivity (Wildman–Crippen MR) is 169 cm³/mol. The van der Waals surface area contributed by atoms with E-state index in [0.717, 1.165) is 22.9 Å². The van der Waals surface area contributed by atoms with E-state index in [1.54, 1.807) is 48.3 Å². The first-order valence-electron chi connectivity index (χ1n) is 14.2. The molecule has 0 fully saturated rings. The summed E-state index contributed by atoms with van der Waals surface area (Å²) in [6, 6.07) is 20.2. The first kappa shape index (κ1) is 29.9. The van der Waals surface area contributed by atoms with E-state index >= 15 is 0 Å². The van der Waals surface area contributed by atoms with Crippen molar-refractivity contribution >= 4 is 22.7 Å². The number of hydrogen-bond acceptors (Lipinski definition) is 8. The van der Waals surface area contributed by atoms with Crippen LogP contribution in [0.25, 0.3) is 33.5 Å². The van der Waals surface area contributed by atoms with Crippen LogP contribution >= 0.6 is 0 Å². The van der Waals surface area contributed by atoms with E-state index in [1.807, 2.05) is 30.5 Å². The average molecular weight is 618 g/mol. The lowest BCUT2D eigenvalue weighted by molar-refractivity contribution is 0.0946. The van der Waals surface area contributed by atoms with Crippen molar-refractivity contribution in [2.75, 3.05) is 14.2 Å². The second-order valence-corrected chi connectivity index (χ2v) is 10.3. The van der Waals surface area contributed by atoms with E-state index in [9.17, 15) is 14.0 Å². The zero-order chi connectivity index (χ0) is 32.2. The maximum absolute atomic E-state index is 13.8. The molecule has 2 amide bonds. The molecule has 230 valence electrons. The Bertz CT molecular complexity index is 2050. The molecule has 0 aliphatic carbocycles. The Morgan fingerprint density at radius 1 is 0.935 bits per heavy atom. The van der Waals surface area contributed by atoms with Crippen molar-refractivity contribution in [1.82, 2.24) is 30.0 Å². The molecule has 0 aliphatic heterocycles. The van der Waals surface area contributed by atoms with Crippen molar-refractivity contribution in [2.24, 2.45) is 5.73 Å². The van der Waals surface area contributed by atoms with Gasteiger partial charge in [0.2, 0.25) is 0 Å². The third kappa shape index (κ3) is 6.09. The maximum atomic E-state index is 13.8. The van der Waals surface area contributed by atoms with Gasteiger partial charge in [0.1, 0.15) is 34.9 Å². The highest BCUT2D eigenvalue weighted by molar-refractivity contribution is 6.12. The molecular formula is C34H28FN7O4. The van der Waals surface area contributed by atoms with Crippen LogP contribution in [0.3, 0.4) is 0 Å². The molecule has 0 bridgehead atoms. The topological polar surface area (TPSA) is 147 Å². The molecule has 0 radical (unpaired) electrons. The molecule has 0 aliphatic rings. The molecule has 0 saturated heterocycles. The van der Waals surface area contributed by atoms with E-state index in [-0.39, 0.29) is 23.4 Å². The Kier molecular flexibility index (Phi) is 8.33. The number of nitrogens with two attached hydrogens (primary N) is 1. The molecule has 11 nitrogen and oxygen atoms in total. The molecule has 3 aromatic carbocycles. The minimum absolute atomic E-state index is 0.0893. The number of aromatic nitrogens is 5.